The van der Waals surface area contributed by atoms with Gasteiger partial charge in [0.25, 0.3) is 0 Å². The third kappa shape index (κ3) is 2.85. The van der Waals surface area contributed by atoms with E-state index in [-0.39, 0.29) is 17.4 Å². The number of nitrogens with zero attached hydrogens (tertiary/aromatic N) is 3. The molecule has 0 N–H and O–H groups in total. The van der Waals surface area contributed by atoms with E-state index in [0.29, 0.717) is 5.56 Å². The smallest absolute Gasteiger partial charge is 0.358 e. The first-order valence-electron chi connectivity index (χ1n) is 5.86. The molecule has 0 aliphatic heterocycles. The summed E-state index contributed by atoms with van der Waals surface area (Å²) >= 11 is 5.69. The maximum atomic E-state index is 12.2. The molecule has 0 unspecified atom stereocenters. The standard InChI is InChI=1S/C13H12ClN3O3/c1-8-3-4-10(9(2)5-8)12(18)7-16-6-11(14)13(15-16)17(19)20/h3-6H,7H2,1-2H3. The fraction of sp³-hybridized carbons (Fsp3) is 0.231. The van der Waals surface area contributed by atoms with Crippen molar-refractivity contribution < 1.29 is 9.72 Å². The van der Waals surface area contributed by atoms with Crippen LogP contribution in [0, 0.1) is 24.0 Å². The Hall–Kier alpha value is -2.21. The van der Waals surface area contributed by atoms with Gasteiger partial charge in [-0.3, -0.25) is 4.79 Å². The van der Waals surface area contributed by atoms with Gasteiger partial charge in [-0.1, -0.05) is 35.4 Å². The zero-order valence-electron chi connectivity index (χ0n) is 11.0. The monoisotopic (exact) mass is 293 g/mol. The predicted octanol–water partition coefficient (Wildman–Crippen LogP) is 2.94. The Balaban J connectivity index is 2.23. The highest BCUT2D eigenvalue weighted by atomic mass is 35.5. The van der Waals surface area contributed by atoms with Crippen LogP contribution >= 0.6 is 11.6 Å². The van der Waals surface area contributed by atoms with Gasteiger partial charge in [-0.25, -0.2) is 0 Å². The fourth-order valence-corrected chi connectivity index (χ4v) is 2.17. The summed E-state index contributed by atoms with van der Waals surface area (Å²) < 4.78 is 1.18. The van der Waals surface area contributed by atoms with Crippen LogP contribution < -0.4 is 0 Å². The molecule has 0 aliphatic carbocycles. The molecule has 0 atom stereocenters. The van der Waals surface area contributed by atoms with Gasteiger partial charge in [0.2, 0.25) is 0 Å². The minimum absolute atomic E-state index is 0.0802. The lowest BCUT2D eigenvalue weighted by Gasteiger charge is -2.04. The van der Waals surface area contributed by atoms with E-state index in [1.807, 2.05) is 26.0 Å². The summed E-state index contributed by atoms with van der Waals surface area (Å²) in [7, 11) is 0. The summed E-state index contributed by atoms with van der Waals surface area (Å²) in [5.74, 6) is -0.614. The molecule has 2 rings (SSSR count). The van der Waals surface area contributed by atoms with Crippen LogP contribution in [0.3, 0.4) is 0 Å². The molecule has 0 saturated carbocycles. The van der Waals surface area contributed by atoms with Gasteiger partial charge in [0.15, 0.2) is 10.8 Å². The van der Waals surface area contributed by atoms with Crippen molar-refractivity contribution in [2.45, 2.75) is 20.4 Å². The summed E-state index contributed by atoms with van der Waals surface area (Å²) in [5, 5.41) is 14.2. The number of benzene rings is 1. The van der Waals surface area contributed by atoms with Crippen LogP contribution in [0.25, 0.3) is 0 Å². The van der Waals surface area contributed by atoms with Gasteiger partial charge in [0, 0.05) is 5.56 Å². The van der Waals surface area contributed by atoms with Crippen molar-refractivity contribution in [3.63, 3.8) is 0 Å². The Morgan fingerprint density at radius 1 is 1.45 bits per heavy atom. The summed E-state index contributed by atoms with van der Waals surface area (Å²) in [5.41, 5.74) is 2.50. The van der Waals surface area contributed by atoms with Gasteiger partial charge in [0.05, 0.1) is 11.3 Å². The molecule has 0 aliphatic rings. The molecular weight excluding hydrogens is 282 g/mol. The highest BCUT2D eigenvalue weighted by Gasteiger charge is 2.21. The van der Waals surface area contributed by atoms with Crippen LogP contribution in [0.2, 0.25) is 5.02 Å². The number of nitro groups is 1. The molecule has 104 valence electrons. The lowest BCUT2D eigenvalue weighted by atomic mass is 10.0. The maximum Gasteiger partial charge on any atom is 0.408 e. The second kappa shape index (κ2) is 5.42. The maximum absolute atomic E-state index is 12.2. The molecule has 1 aromatic carbocycles. The first kappa shape index (κ1) is 14.2. The van der Waals surface area contributed by atoms with E-state index in [4.69, 9.17) is 11.6 Å². The predicted molar refractivity (Wildman–Crippen MR) is 74.1 cm³/mol. The number of carbonyl (C=O) groups excluding carboxylic acids is 1. The molecule has 1 aromatic heterocycles. The number of hydrogen-bond acceptors (Lipinski definition) is 4. The van der Waals surface area contributed by atoms with Crippen molar-refractivity contribution in [1.82, 2.24) is 9.78 Å². The second-order valence-electron chi connectivity index (χ2n) is 4.50. The van der Waals surface area contributed by atoms with Gasteiger partial charge >= 0.3 is 5.82 Å². The SMILES string of the molecule is Cc1ccc(C(=O)Cn2cc(Cl)c([N+](=O)[O-])n2)c(C)c1. The van der Waals surface area contributed by atoms with E-state index >= 15 is 0 Å². The zero-order valence-corrected chi connectivity index (χ0v) is 11.7. The molecule has 0 amide bonds. The van der Waals surface area contributed by atoms with Crippen LogP contribution in [0.4, 0.5) is 5.82 Å². The average Bonchev–Trinajstić information content (AvgIpc) is 2.70. The Morgan fingerprint density at radius 2 is 2.15 bits per heavy atom. The molecule has 1 heterocycles. The lowest BCUT2D eigenvalue weighted by molar-refractivity contribution is -0.389. The number of rotatable bonds is 4. The van der Waals surface area contributed by atoms with Gasteiger partial charge in [-0.05, 0) is 24.3 Å². The Morgan fingerprint density at radius 3 is 2.70 bits per heavy atom. The quantitative estimate of drug-likeness (QED) is 0.493. The largest absolute Gasteiger partial charge is 0.408 e. The van der Waals surface area contributed by atoms with Crippen molar-refractivity contribution in [1.29, 1.82) is 0 Å². The molecule has 6 nitrogen and oxygen atoms in total. The lowest BCUT2D eigenvalue weighted by Crippen LogP contribution is -2.12. The molecule has 0 radical (unpaired) electrons. The van der Waals surface area contributed by atoms with E-state index in [9.17, 15) is 14.9 Å². The average molecular weight is 294 g/mol. The number of carbonyl (C=O) groups is 1. The highest BCUT2D eigenvalue weighted by Crippen LogP contribution is 2.21. The zero-order chi connectivity index (χ0) is 14.9. The van der Waals surface area contributed by atoms with Gasteiger partial charge in [-0.2, -0.15) is 4.68 Å². The van der Waals surface area contributed by atoms with Crippen molar-refractivity contribution in [3.8, 4) is 0 Å². The number of halogens is 1. The third-order valence-electron chi connectivity index (χ3n) is 2.86. The van der Waals surface area contributed by atoms with Crippen molar-refractivity contribution in [2.24, 2.45) is 0 Å². The van der Waals surface area contributed by atoms with Gasteiger partial charge < -0.3 is 10.1 Å². The van der Waals surface area contributed by atoms with Crippen LogP contribution in [-0.4, -0.2) is 20.5 Å². The normalized spacial score (nSPS) is 10.6. The van der Waals surface area contributed by atoms with Crippen LogP contribution in [-0.2, 0) is 6.54 Å². The number of ketones is 1. The number of aryl methyl sites for hydroxylation is 2. The molecule has 20 heavy (non-hydrogen) atoms. The molecule has 2 aromatic rings. The minimum Gasteiger partial charge on any atom is -0.358 e. The van der Waals surface area contributed by atoms with E-state index < -0.39 is 10.7 Å². The number of hydrogen-bond donors (Lipinski definition) is 0. The van der Waals surface area contributed by atoms with Crippen molar-refractivity contribution >= 4 is 23.2 Å². The molecule has 0 spiro atoms. The van der Waals surface area contributed by atoms with E-state index in [1.54, 1.807) is 6.07 Å². The second-order valence-corrected chi connectivity index (χ2v) is 4.90. The molecular formula is C13H12ClN3O3. The summed E-state index contributed by atoms with van der Waals surface area (Å²) in [6.07, 6.45) is 1.28. The van der Waals surface area contributed by atoms with E-state index in [1.165, 1.54) is 10.9 Å². The Kier molecular flexibility index (Phi) is 3.85. The third-order valence-corrected chi connectivity index (χ3v) is 3.13. The summed E-state index contributed by atoms with van der Waals surface area (Å²) in [6.45, 7) is 3.70. The highest BCUT2D eigenvalue weighted by molar-refractivity contribution is 6.32. The van der Waals surface area contributed by atoms with Crippen LogP contribution in [0.15, 0.2) is 24.4 Å². The number of Topliss-reactive ketones (excluding diaryl/α,β-unsaturated/α-hetero) is 1. The molecule has 0 saturated heterocycles. The summed E-state index contributed by atoms with van der Waals surface area (Å²) in [6, 6.07) is 5.50. The van der Waals surface area contributed by atoms with Crippen molar-refractivity contribution in [3.05, 3.63) is 56.2 Å². The molecule has 7 heteroatoms. The van der Waals surface area contributed by atoms with E-state index in [2.05, 4.69) is 5.10 Å². The molecule has 0 fully saturated rings. The fourth-order valence-electron chi connectivity index (χ4n) is 1.95. The van der Waals surface area contributed by atoms with Crippen LogP contribution in [0.1, 0.15) is 21.5 Å². The van der Waals surface area contributed by atoms with Gasteiger partial charge in [0.1, 0.15) is 6.54 Å². The molecule has 0 bridgehead atoms. The topological polar surface area (TPSA) is 78.0 Å². The Labute approximate surface area is 120 Å². The van der Waals surface area contributed by atoms with Crippen molar-refractivity contribution in [2.75, 3.05) is 0 Å². The first-order chi connectivity index (χ1) is 9.38. The van der Waals surface area contributed by atoms with E-state index in [0.717, 1.165) is 11.1 Å². The first-order valence-corrected chi connectivity index (χ1v) is 6.24. The van der Waals surface area contributed by atoms with Gasteiger partial charge in [-0.15, -0.1) is 0 Å². The summed E-state index contributed by atoms with van der Waals surface area (Å²) in [4.78, 5) is 22.1. The Bertz CT molecular complexity index is 694. The number of aromatic nitrogens is 2. The minimum atomic E-state index is -0.680. The van der Waals surface area contributed by atoms with Crippen LogP contribution in [0.5, 0.6) is 0 Å².